The summed E-state index contributed by atoms with van der Waals surface area (Å²) in [4.78, 5) is 0. The van der Waals surface area contributed by atoms with Crippen LogP contribution in [-0.2, 0) is 0 Å². The molecule has 0 radical (unpaired) electrons. The van der Waals surface area contributed by atoms with Crippen molar-refractivity contribution in [2.75, 3.05) is 18.8 Å². The van der Waals surface area contributed by atoms with E-state index in [1.54, 1.807) is 0 Å². The lowest BCUT2D eigenvalue weighted by atomic mass is 9.95. The summed E-state index contributed by atoms with van der Waals surface area (Å²) in [6.07, 6.45) is 1.82. The molecular formula is C9H19NOS. The van der Waals surface area contributed by atoms with E-state index < -0.39 is 0 Å². The van der Waals surface area contributed by atoms with Gasteiger partial charge in [0.05, 0.1) is 5.60 Å². The number of nitrogens with one attached hydrogen (secondary N) is 1. The van der Waals surface area contributed by atoms with E-state index in [-0.39, 0.29) is 5.60 Å². The number of hydrogen-bond acceptors (Lipinski definition) is 3. The fraction of sp³-hybridized carbons (Fsp3) is 1.00. The molecule has 1 heterocycles. The van der Waals surface area contributed by atoms with Crippen molar-refractivity contribution in [2.24, 2.45) is 0 Å². The lowest BCUT2D eigenvalue weighted by Gasteiger charge is -2.32. The summed E-state index contributed by atoms with van der Waals surface area (Å²) in [5.41, 5.74) is -0.389. The van der Waals surface area contributed by atoms with Crippen molar-refractivity contribution in [2.45, 2.75) is 37.5 Å². The Labute approximate surface area is 79.1 Å². The Kier molecular flexibility index (Phi) is 3.87. The molecule has 0 amide bonds. The van der Waals surface area contributed by atoms with Gasteiger partial charge in [-0.05, 0) is 31.2 Å². The Morgan fingerprint density at radius 2 is 2.00 bits per heavy atom. The first-order valence-electron chi connectivity index (χ1n) is 4.67. The molecule has 0 spiro atoms. The monoisotopic (exact) mass is 189 g/mol. The van der Waals surface area contributed by atoms with Gasteiger partial charge in [0.15, 0.2) is 0 Å². The van der Waals surface area contributed by atoms with Crippen LogP contribution in [0.4, 0.5) is 0 Å². The molecule has 1 aliphatic rings. The van der Waals surface area contributed by atoms with Crippen LogP contribution < -0.4 is 5.32 Å². The summed E-state index contributed by atoms with van der Waals surface area (Å²) in [6.45, 7) is 6.29. The smallest absolute Gasteiger partial charge is 0.0762 e. The van der Waals surface area contributed by atoms with Crippen molar-refractivity contribution in [3.05, 3.63) is 0 Å². The van der Waals surface area contributed by atoms with Crippen LogP contribution in [0.3, 0.4) is 0 Å². The van der Waals surface area contributed by atoms with Gasteiger partial charge in [-0.15, -0.1) is 0 Å². The largest absolute Gasteiger partial charge is 0.389 e. The van der Waals surface area contributed by atoms with Crippen LogP contribution in [0.1, 0.15) is 26.7 Å². The number of piperidine rings is 1. The van der Waals surface area contributed by atoms with Crippen molar-refractivity contribution in [1.29, 1.82) is 0 Å². The highest BCUT2D eigenvalue weighted by Crippen LogP contribution is 2.25. The molecule has 0 aliphatic carbocycles. The summed E-state index contributed by atoms with van der Waals surface area (Å²) in [6, 6.07) is 0. The van der Waals surface area contributed by atoms with Crippen molar-refractivity contribution < 1.29 is 5.11 Å². The van der Waals surface area contributed by atoms with E-state index in [1.165, 1.54) is 0 Å². The van der Waals surface area contributed by atoms with E-state index in [1.807, 2.05) is 11.8 Å². The standard InChI is InChI=1S/C9H19NOS/c1-8(2)12-7-9(11)3-5-10-6-4-9/h8,10-11H,3-7H2,1-2H3. The molecule has 3 heteroatoms. The van der Waals surface area contributed by atoms with Crippen LogP contribution in [0.15, 0.2) is 0 Å². The molecule has 0 aromatic rings. The van der Waals surface area contributed by atoms with Gasteiger partial charge in [0.2, 0.25) is 0 Å². The van der Waals surface area contributed by atoms with Gasteiger partial charge in [0.25, 0.3) is 0 Å². The Morgan fingerprint density at radius 1 is 1.42 bits per heavy atom. The zero-order chi connectivity index (χ0) is 9.03. The molecule has 72 valence electrons. The van der Waals surface area contributed by atoms with Crippen LogP contribution in [0.5, 0.6) is 0 Å². The van der Waals surface area contributed by atoms with Gasteiger partial charge in [0.1, 0.15) is 0 Å². The molecule has 1 saturated heterocycles. The van der Waals surface area contributed by atoms with Crippen molar-refractivity contribution in [3.63, 3.8) is 0 Å². The minimum atomic E-state index is -0.389. The second kappa shape index (κ2) is 4.49. The molecule has 0 aromatic heterocycles. The summed E-state index contributed by atoms with van der Waals surface area (Å²) in [5, 5.41) is 13.9. The first-order valence-corrected chi connectivity index (χ1v) is 5.72. The Hall–Kier alpha value is 0.270. The van der Waals surface area contributed by atoms with Gasteiger partial charge in [0, 0.05) is 5.75 Å². The zero-order valence-electron chi connectivity index (χ0n) is 7.97. The van der Waals surface area contributed by atoms with Crippen molar-refractivity contribution in [1.82, 2.24) is 5.32 Å². The van der Waals surface area contributed by atoms with Gasteiger partial charge in [-0.2, -0.15) is 11.8 Å². The van der Waals surface area contributed by atoms with E-state index in [4.69, 9.17) is 0 Å². The average molecular weight is 189 g/mol. The maximum atomic E-state index is 10.1. The highest BCUT2D eigenvalue weighted by atomic mass is 32.2. The maximum Gasteiger partial charge on any atom is 0.0762 e. The molecule has 12 heavy (non-hydrogen) atoms. The number of aliphatic hydroxyl groups is 1. The number of rotatable bonds is 3. The molecule has 2 nitrogen and oxygen atoms in total. The van der Waals surface area contributed by atoms with E-state index in [2.05, 4.69) is 19.2 Å². The Morgan fingerprint density at radius 3 is 2.50 bits per heavy atom. The maximum absolute atomic E-state index is 10.1. The fourth-order valence-corrected chi connectivity index (χ4v) is 2.29. The second-order valence-corrected chi connectivity index (χ2v) is 5.40. The minimum Gasteiger partial charge on any atom is -0.389 e. The average Bonchev–Trinajstić information content (AvgIpc) is 2.03. The molecule has 1 aliphatic heterocycles. The molecule has 1 fully saturated rings. The molecule has 2 N–H and O–H groups in total. The second-order valence-electron chi connectivity index (χ2n) is 3.83. The predicted octanol–water partition coefficient (Wildman–Crippen LogP) is 1.24. The molecule has 0 atom stereocenters. The van der Waals surface area contributed by atoms with Gasteiger partial charge < -0.3 is 10.4 Å². The summed E-state index contributed by atoms with van der Waals surface area (Å²) < 4.78 is 0. The van der Waals surface area contributed by atoms with Crippen LogP contribution in [0, 0.1) is 0 Å². The lowest BCUT2D eigenvalue weighted by Crippen LogP contribution is -2.43. The van der Waals surface area contributed by atoms with Gasteiger partial charge in [-0.3, -0.25) is 0 Å². The number of hydrogen-bond donors (Lipinski definition) is 2. The summed E-state index contributed by atoms with van der Waals surface area (Å²) in [7, 11) is 0. The van der Waals surface area contributed by atoms with E-state index in [0.29, 0.717) is 5.25 Å². The van der Waals surface area contributed by atoms with Crippen LogP contribution in [-0.4, -0.2) is 34.8 Å². The van der Waals surface area contributed by atoms with Crippen molar-refractivity contribution in [3.8, 4) is 0 Å². The third-order valence-electron chi connectivity index (χ3n) is 2.22. The van der Waals surface area contributed by atoms with E-state index in [9.17, 15) is 5.11 Å². The predicted molar refractivity (Wildman–Crippen MR) is 54.6 cm³/mol. The molecule has 1 rings (SSSR count). The van der Waals surface area contributed by atoms with Gasteiger partial charge in [-0.1, -0.05) is 13.8 Å². The normalized spacial score (nSPS) is 23.0. The molecular weight excluding hydrogens is 170 g/mol. The molecule has 0 unspecified atom stereocenters. The Bertz CT molecular complexity index is 132. The van der Waals surface area contributed by atoms with Crippen LogP contribution >= 0.6 is 11.8 Å². The van der Waals surface area contributed by atoms with Gasteiger partial charge in [-0.25, -0.2) is 0 Å². The molecule has 0 saturated carbocycles. The lowest BCUT2D eigenvalue weighted by molar-refractivity contribution is 0.0338. The third kappa shape index (κ3) is 3.33. The highest BCUT2D eigenvalue weighted by Gasteiger charge is 2.28. The zero-order valence-corrected chi connectivity index (χ0v) is 8.78. The quantitative estimate of drug-likeness (QED) is 0.700. The van der Waals surface area contributed by atoms with Crippen LogP contribution in [0.2, 0.25) is 0 Å². The van der Waals surface area contributed by atoms with Gasteiger partial charge >= 0.3 is 0 Å². The minimum absolute atomic E-state index is 0.389. The van der Waals surface area contributed by atoms with E-state index >= 15 is 0 Å². The SMILES string of the molecule is CC(C)SCC1(O)CCNCC1. The first-order chi connectivity index (χ1) is 5.62. The topological polar surface area (TPSA) is 32.3 Å². The van der Waals surface area contributed by atoms with E-state index in [0.717, 1.165) is 31.7 Å². The Balaban J connectivity index is 2.26. The molecule has 0 aromatic carbocycles. The first kappa shape index (κ1) is 10.4. The summed E-state index contributed by atoms with van der Waals surface area (Å²) in [5.74, 6) is 0.895. The third-order valence-corrected chi connectivity index (χ3v) is 3.59. The fourth-order valence-electron chi connectivity index (χ4n) is 1.36. The summed E-state index contributed by atoms with van der Waals surface area (Å²) >= 11 is 1.86. The number of thioether (sulfide) groups is 1. The van der Waals surface area contributed by atoms with Crippen molar-refractivity contribution >= 4 is 11.8 Å². The highest BCUT2D eigenvalue weighted by molar-refractivity contribution is 7.99. The van der Waals surface area contributed by atoms with Crippen LogP contribution in [0.25, 0.3) is 0 Å². The molecule has 0 bridgehead atoms.